The topological polar surface area (TPSA) is 43.1 Å². The van der Waals surface area contributed by atoms with Crippen LogP contribution in [0, 0.1) is 15.9 Å². The van der Waals surface area contributed by atoms with Gasteiger partial charge in [0.25, 0.3) is 0 Å². The van der Waals surface area contributed by atoms with Crippen LogP contribution in [0.2, 0.25) is 10.0 Å². The van der Waals surface area contributed by atoms with E-state index in [1.165, 1.54) is 6.07 Å². The molecule has 92 valence electrons. The van der Waals surface area contributed by atoms with E-state index in [2.05, 4.69) is 0 Å². The average Bonchev–Trinajstić information content (AvgIpc) is 2.32. The van der Waals surface area contributed by atoms with Gasteiger partial charge in [0.15, 0.2) is 0 Å². The van der Waals surface area contributed by atoms with Crippen LogP contribution in [0.25, 0.3) is 11.1 Å². The number of nitrogens with zero attached hydrogens (tertiary/aromatic N) is 1. The molecule has 6 heteroatoms. The van der Waals surface area contributed by atoms with Crippen LogP contribution in [0.1, 0.15) is 0 Å². The summed E-state index contributed by atoms with van der Waals surface area (Å²) in [4.78, 5) is 9.73. The molecular formula is C12H6Cl2FNO2. The maximum Gasteiger partial charge on any atom is 0.304 e. The Morgan fingerprint density at radius 3 is 2.50 bits per heavy atom. The van der Waals surface area contributed by atoms with Crippen LogP contribution in [-0.4, -0.2) is 4.92 Å². The second kappa shape index (κ2) is 4.92. The number of benzene rings is 2. The zero-order valence-corrected chi connectivity index (χ0v) is 10.4. The maximum atomic E-state index is 13.5. The highest BCUT2D eigenvalue weighted by atomic mass is 35.5. The fourth-order valence-corrected chi connectivity index (χ4v) is 1.96. The highest BCUT2D eigenvalue weighted by Gasteiger charge is 2.15. The average molecular weight is 286 g/mol. The molecule has 0 radical (unpaired) electrons. The van der Waals surface area contributed by atoms with Gasteiger partial charge in [0.05, 0.1) is 15.0 Å². The van der Waals surface area contributed by atoms with Gasteiger partial charge in [-0.15, -0.1) is 0 Å². The maximum absolute atomic E-state index is 13.5. The van der Waals surface area contributed by atoms with Crippen LogP contribution < -0.4 is 0 Å². The van der Waals surface area contributed by atoms with Crippen molar-refractivity contribution in [2.24, 2.45) is 0 Å². The molecule has 0 saturated carbocycles. The minimum absolute atomic E-state index is 0.285. The monoisotopic (exact) mass is 285 g/mol. The third-order valence-corrected chi connectivity index (χ3v) is 3.23. The van der Waals surface area contributed by atoms with Gasteiger partial charge in [-0.3, -0.25) is 10.1 Å². The number of halogens is 3. The highest BCUT2D eigenvalue weighted by molar-refractivity contribution is 6.43. The van der Waals surface area contributed by atoms with E-state index in [1.54, 1.807) is 18.2 Å². The minimum Gasteiger partial charge on any atom is -0.258 e. The van der Waals surface area contributed by atoms with Crippen LogP contribution in [0.4, 0.5) is 10.1 Å². The predicted molar refractivity (Wildman–Crippen MR) is 68.5 cm³/mol. The molecule has 0 N–H and O–H groups in total. The number of rotatable bonds is 2. The molecule has 18 heavy (non-hydrogen) atoms. The molecule has 0 aliphatic rings. The molecule has 0 fully saturated rings. The van der Waals surface area contributed by atoms with Crippen LogP contribution >= 0.6 is 23.2 Å². The molecular weight excluding hydrogens is 280 g/mol. The summed E-state index contributed by atoms with van der Waals surface area (Å²) in [5, 5.41) is 11.1. The third kappa shape index (κ3) is 2.30. The normalized spacial score (nSPS) is 10.4. The molecule has 0 aliphatic carbocycles. The first-order chi connectivity index (χ1) is 8.50. The molecule has 0 atom stereocenters. The van der Waals surface area contributed by atoms with Gasteiger partial charge in [0, 0.05) is 11.6 Å². The van der Waals surface area contributed by atoms with Crippen molar-refractivity contribution in [3.8, 4) is 11.1 Å². The zero-order chi connectivity index (χ0) is 13.3. The van der Waals surface area contributed by atoms with Crippen molar-refractivity contribution in [1.82, 2.24) is 0 Å². The Labute approximate surface area is 112 Å². The van der Waals surface area contributed by atoms with Crippen LogP contribution in [0.3, 0.4) is 0 Å². The Hall–Kier alpha value is -1.65. The van der Waals surface area contributed by atoms with Crippen LogP contribution in [-0.2, 0) is 0 Å². The number of nitro groups is 1. The van der Waals surface area contributed by atoms with E-state index in [9.17, 15) is 14.5 Å². The van der Waals surface area contributed by atoms with Gasteiger partial charge in [-0.1, -0.05) is 35.3 Å². The summed E-state index contributed by atoms with van der Waals surface area (Å²) in [5.41, 5.74) is 0.389. The van der Waals surface area contributed by atoms with Gasteiger partial charge in [-0.05, 0) is 23.8 Å². The summed E-state index contributed by atoms with van der Waals surface area (Å²) in [6, 6.07) is 8.53. The van der Waals surface area contributed by atoms with E-state index in [-0.39, 0.29) is 5.02 Å². The molecule has 3 nitrogen and oxygen atoms in total. The minimum atomic E-state index is -0.909. The van der Waals surface area contributed by atoms with Crippen molar-refractivity contribution in [2.45, 2.75) is 0 Å². The second-order valence-electron chi connectivity index (χ2n) is 3.52. The molecule has 0 amide bonds. The Morgan fingerprint density at radius 1 is 1.17 bits per heavy atom. The smallest absolute Gasteiger partial charge is 0.258 e. The lowest BCUT2D eigenvalue weighted by molar-refractivity contribution is -0.387. The molecule has 0 unspecified atom stereocenters. The fourth-order valence-electron chi connectivity index (χ4n) is 1.55. The van der Waals surface area contributed by atoms with E-state index in [0.717, 1.165) is 12.1 Å². The number of hydrogen-bond acceptors (Lipinski definition) is 2. The highest BCUT2D eigenvalue weighted by Crippen LogP contribution is 2.34. The van der Waals surface area contributed by atoms with Gasteiger partial charge in [-0.25, -0.2) is 0 Å². The first-order valence-corrected chi connectivity index (χ1v) is 5.64. The standard InChI is InChI=1S/C12H6Cl2FNO2/c13-9-3-1-2-8(12(9)14)7-4-5-11(16(17)18)10(15)6-7/h1-6H. The quantitative estimate of drug-likeness (QED) is 0.592. The predicted octanol–water partition coefficient (Wildman–Crippen LogP) is 4.71. The van der Waals surface area contributed by atoms with E-state index < -0.39 is 16.4 Å². The van der Waals surface area contributed by atoms with E-state index >= 15 is 0 Å². The molecule has 0 spiro atoms. The number of nitro benzene ring substituents is 1. The third-order valence-electron chi connectivity index (χ3n) is 2.41. The van der Waals surface area contributed by atoms with Crippen molar-refractivity contribution < 1.29 is 9.31 Å². The molecule has 0 saturated heterocycles. The van der Waals surface area contributed by atoms with Crippen molar-refractivity contribution >= 4 is 28.9 Å². The van der Waals surface area contributed by atoms with Crippen LogP contribution in [0.5, 0.6) is 0 Å². The van der Waals surface area contributed by atoms with E-state index in [4.69, 9.17) is 23.2 Å². The molecule has 0 aromatic heterocycles. The summed E-state index contributed by atoms with van der Waals surface area (Å²) < 4.78 is 13.5. The molecule has 2 aromatic rings. The summed E-state index contributed by atoms with van der Waals surface area (Å²) >= 11 is 11.8. The van der Waals surface area contributed by atoms with Gasteiger partial charge < -0.3 is 0 Å². The zero-order valence-electron chi connectivity index (χ0n) is 8.86. The second-order valence-corrected chi connectivity index (χ2v) is 4.31. The van der Waals surface area contributed by atoms with Gasteiger partial charge >= 0.3 is 5.69 Å². The number of hydrogen-bond donors (Lipinski definition) is 0. The van der Waals surface area contributed by atoms with Gasteiger partial charge in [-0.2, -0.15) is 4.39 Å². The van der Waals surface area contributed by atoms with Crippen molar-refractivity contribution in [3.05, 3.63) is 62.4 Å². The fraction of sp³-hybridized carbons (Fsp3) is 0. The summed E-state index contributed by atoms with van der Waals surface area (Å²) in [7, 11) is 0. The Kier molecular flexibility index (Phi) is 3.50. The molecule has 2 rings (SSSR count). The van der Waals surface area contributed by atoms with Crippen molar-refractivity contribution in [3.63, 3.8) is 0 Å². The first-order valence-electron chi connectivity index (χ1n) is 4.89. The molecule has 0 heterocycles. The van der Waals surface area contributed by atoms with E-state index in [1.807, 2.05) is 0 Å². The van der Waals surface area contributed by atoms with Crippen molar-refractivity contribution in [1.29, 1.82) is 0 Å². The van der Waals surface area contributed by atoms with Gasteiger partial charge in [0.1, 0.15) is 0 Å². The largest absolute Gasteiger partial charge is 0.304 e. The Balaban J connectivity index is 2.56. The summed E-state index contributed by atoms with van der Waals surface area (Å²) in [6.07, 6.45) is 0. The van der Waals surface area contributed by atoms with Crippen molar-refractivity contribution in [2.75, 3.05) is 0 Å². The molecule has 0 aliphatic heterocycles. The lowest BCUT2D eigenvalue weighted by Gasteiger charge is -2.06. The van der Waals surface area contributed by atoms with E-state index in [0.29, 0.717) is 16.1 Å². The molecule has 2 aromatic carbocycles. The SMILES string of the molecule is O=[N+]([O-])c1ccc(-c2cccc(Cl)c2Cl)cc1F. The Bertz CT molecular complexity index is 631. The lowest BCUT2D eigenvalue weighted by atomic mass is 10.1. The first kappa shape index (κ1) is 12.8. The van der Waals surface area contributed by atoms with Crippen LogP contribution in [0.15, 0.2) is 36.4 Å². The van der Waals surface area contributed by atoms with Gasteiger partial charge in [0.2, 0.25) is 5.82 Å². The molecule has 0 bridgehead atoms. The lowest BCUT2D eigenvalue weighted by Crippen LogP contribution is -1.92. The Morgan fingerprint density at radius 2 is 1.89 bits per heavy atom. The summed E-state index contributed by atoms with van der Waals surface area (Å²) in [6.45, 7) is 0. The summed E-state index contributed by atoms with van der Waals surface area (Å²) in [5.74, 6) is -0.909.